The molecule has 120 valence electrons. The van der Waals surface area contributed by atoms with E-state index in [0.717, 1.165) is 12.8 Å². The zero-order valence-corrected chi connectivity index (χ0v) is 12.6. The highest BCUT2D eigenvalue weighted by molar-refractivity contribution is 5.78. The van der Waals surface area contributed by atoms with Gasteiger partial charge in [-0.2, -0.15) is 0 Å². The number of rotatable bonds is 6. The second kappa shape index (κ2) is 7.40. The van der Waals surface area contributed by atoms with Crippen LogP contribution in [0.1, 0.15) is 19.3 Å². The molecule has 1 N–H and O–H groups in total. The summed E-state index contributed by atoms with van der Waals surface area (Å²) in [6.07, 6.45) is 4.19. The van der Waals surface area contributed by atoms with Crippen molar-refractivity contribution in [2.75, 3.05) is 26.3 Å². The van der Waals surface area contributed by atoms with Gasteiger partial charge in [-0.25, -0.2) is 4.39 Å². The van der Waals surface area contributed by atoms with Crippen molar-refractivity contribution >= 4 is 5.91 Å². The lowest BCUT2D eigenvalue weighted by Crippen LogP contribution is -2.49. The van der Waals surface area contributed by atoms with Gasteiger partial charge in [0.05, 0.1) is 6.61 Å². The van der Waals surface area contributed by atoms with Gasteiger partial charge >= 0.3 is 0 Å². The molecule has 1 aromatic rings. The predicted molar refractivity (Wildman–Crippen MR) is 82.0 cm³/mol. The highest BCUT2D eigenvalue weighted by Gasteiger charge is 2.35. The average molecular weight is 307 g/mol. The Balaban J connectivity index is 1.93. The quantitative estimate of drug-likeness (QED) is 0.821. The summed E-state index contributed by atoms with van der Waals surface area (Å²) in [5, 5.41) is 9.65. The number of benzene rings is 1. The minimum Gasteiger partial charge on any atom is -0.484 e. The maximum Gasteiger partial charge on any atom is 0.260 e. The number of halogens is 1. The van der Waals surface area contributed by atoms with E-state index in [9.17, 15) is 14.3 Å². The predicted octanol–water partition coefficient (Wildman–Crippen LogP) is 2.38. The van der Waals surface area contributed by atoms with E-state index in [2.05, 4.69) is 6.58 Å². The fourth-order valence-electron chi connectivity index (χ4n) is 2.88. The summed E-state index contributed by atoms with van der Waals surface area (Å²) in [6, 6.07) is 5.72. The summed E-state index contributed by atoms with van der Waals surface area (Å²) in [4.78, 5) is 14.0. The van der Waals surface area contributed by atoms with Crippen LogP contribution in [0.4, 0.5) is 4.39 Å². The first-order valence-corrected chi connectivity index (χ1v) is 7.46. The summed E-state index contributed by atoms with van der Waals surface area (Å²) in [5.41, 5.74) is -0.297. The van der Waals surface area contributed by atoms with Crippen LogP contribution in [0.5, 0.6) is 5.75 Å². The molecule has 0 bridgehead atoms. The summed E-state index contributed by atoms with van der Waals surface area (Å²) < 4.78 is 18.4. The van der Waals surface area contributed by atoms with Crippen LogP contribution in [0.15, 0.2) is 36.9 Å². The molecule has 0 saturated carbocycles. The van der Waals surface area contributed by atoms with Gasteiger partial charge in [-0.1, -0.05) is 12.1 Å². The third-order valence-electron chi connectivity index (χ3n) is 4.09. The number of hydrogen-bond donors (Lipinski definition) is 1. The second-order valence-electron chi connectivity index (χ2n) is 5.82. The van der Waals surface area contributed by atoms with E-state index in [-0.39, 0.29) is 24.5 Å². The topological polar surface area (TPSA) is 49.8 Å². The third-order valence-corrected chi connectivity index (χ3v) is 4.09. The Kier molecular flexibility index (Phi) is 5.55. The number of ether oxygens (including phenoxy) is 1. The standard InChI is InChI=1S/C17H22FNO3/c1-2-7-17(13-20)8-4-9-19(12-17)16(21)11-22-15-6-3-5-14(18)10-15/h2-3,5-6,10,20H,1,4,7-9,11-13H2. The number of carbonyl (C=O) groups excluding carboxylic acids is 1. The Morgan fingerprint density at radius 2 is 2.36 bits per heavy atom. The Bertz CT molecular complexity index is 534. The van der Waals surface area contributed by atoms with Crippen molar-refractivity contribution in [1.82, 2.24) is 4.90 Å². The first-order valence-electron chi connectivity index (χ1n) is 7.46. The monoisotopic (exact) mass is 307 g/mol. The zero-order valence-electron chi connectivity index (χ0n) is 12.6. The van der Waals surface area contributed by atoms with Crippen molar-refractivity contribution in [2.24, 2.45) is 5.41 Å². The normalized spacial score (nSPS) is 21.5. The lowest BCUT2D eigenvalue weighted by Gasteiger charge is -2.41. The molecule has 1 aliphatic rings. The second-order valence-corrected chi connectivity index (χ2v) is 5.82. The number of nitrogens with zero attached hydrogens (tertiary/aromatic N) is 1. The number of allylic oxidation sites excluding steroid dienone is 1. The molecule has 1 aromatic carbocycles. The van der Waals surface area contributed by atoms with Crippen molar-refractivity contribution in [3.8, 4) is 5.75 Å². The molecular formula is C17H22FNO3. The van der Waals surface area contributed by atoms with E-state index in [4.69, 9.17) is 4.74 Å². The van der Waals surface area contributed by atoms with Crippen molar-refractivity contribution in [1.29, 1.82) is 0 Å². The number of hydrogen-bond acceptors (Lipinski definition) is 3. The fourth-order valence-corrected chi connectivity index (χ4v) is 2.88. The lowest BCUT2D eigenvalue weighted by molar-refractivity contribution is -0.137. The van der Waals surface area contributed by atoms with E-state index < -0.39 is 5.82 Å². The average Bonchev–Trinajstić information content (AvgIpc) is 2.53. The Hall–Kier alpha value is -1.88. The number of aliphatic hydroxyl groups excluding tert-OH is 1. The van der Waals surface area contributed by atoms with E-state index in [0.29, 0.717) is 25.3 Å². The van der Waals surface area contributed by atoms with E-state index >= 15 is 0 Å². The molecule has 2 rings (SSSR count). The molecule has 0 spiro atoms. The van der Waals surface area contributed by atoms with E-state index in [1.54, 1.807) is 17.0 Å². The van der Waals surface area contributed by atoms with Crippen molar-refractivity contribution in [3.05, 3.63) is 42.7 Å². The first-order chi connectivity index (χ1) is 10.6. The van der Waals surface area contributed by atoms with E-state index in [1.165, 1.54) is 18.2 Å². The van der Waals surface area contributed by atoms with Crippen LogP contribution in [0.25, 0.3) is 0 Å². The Labute approximate surface area is 130 Å². The van der Waals surface area contributed by atoms with Gasteiger partial charge in [0.15, 0.2) is 6.61 Å². The van der Waals surface area contributed by atoms with Gasteiger partial charge in [-0.05, 0) is 31.4 Å². The molecule has 5 heteroatoms. The number of piperidine rings is 1. The molecular weight excluding hydrogens is 285 g/mol. The summed E-state index contributed by atoms with van der Waals surface area (Å²) in [6.45, 7) is 4.79. The van der Waals surface area contributed by atoms with Gasteiger partial charge in [0, 0.05) is 24.6 Å². The summed E-state index contributed by atoms with van der Waals surface area (Å²) >= 11 is 0. The Morgan fingerprint density at radius 3 is 3.05 bits per heavy atom. The summed E-state index contributed by atoms with van der Waals surface area (Å²) in [7, 11) is 0. The number of carbonyl (C=O) groups is 1. The van der Waals surface area contributed by atoms with Crippen molar-refractivity contribution in [2.45, 2.75) is 19.3 Å². The molecule has 4 nitrogen and oxygen atoms in total. The minimum absolute atomic E-state index is 0.0353. The molecule has 1 atom stereocenters. The molecule has 1 fully saturated rings. The third kappa shape index (κ3) is 4.07. The fraction of sp³-hybridized carbons (Fsp3) is 0.471. The molecule has 1 heterocycles. The van der Waals surface area contributed by atoms with Crippen LogP contribution in [-0.2, 0) is 4.79 Å². The van der Waals surface area contributed by atoms with Crippen LogP contribution in [0.3, 0.4) is 0 Å². The maximum absolute atomic E-state index is 13.1. The number of amides is 1. The van der Waals surface area contributed by atoms with Crippen LogP contribution >= 0.6 is 0 Å². The van der Waals surface area contributed by atoms with Gasteiger partial charge in [0.1, 0.15) is 11.6 Å². The first kappa shape index (κ1) is 16.5. The van der Waals surface area contributed by atoms with Gasteiger partial charge < -0.3 is 14.7 Å². The lowest BCUT2D eigenvalue weighted by atomic mass is 9.78. The van der Waals surface area contributed by atoms with Crippen LogP contribution < -0.4 is 4.74 Å². The molecule has 0 aliphatic carbocycles. The molecule has 1 unspecified atom stereocenters. The summed E-state index contributed by atoms with van der Waals surface area (Å²) in [5.74, 6) is -0.205. The van der Waals surface area contributed by atoms with Crippen LogP contribution in [-0.4, -0.2) is 42.2 Å². The van der Waals surface area contributed by atoms with Crippen molar-refractivity contribution in [3.63, 3.8) is 0 Å². The van der Waals surface area contributed by atoms with E-state index in [1.807, 2.05) is 0 Å². The largest absolute Gasteiger partial charge is 0.484 e. The van der Waals surface area contributed by atoms with Crippen LogP contribution in [0, 0.1) is 11.2 Å². The Morgan fingerprint density at radius 1 is 1.55 bits per heavy atom. The minimum atomic E-state index is -0.395. The van der Waals surface area contributed by atoms with Crippen molar-refractivity contribution < 1.29 is 19.0 Å². The smallest absolute Gasteiger partial charge is 0.260 e. The molecule has 1 saturated heterocycles. The van der Waals surface area contributed by atoms with Gasteiger partial charge in [0.25, 0.3) is 5.91 Å². The number of aliphatic hydroxyl groups is 1. The molecule has 1 amide bonds. The highest BCUT2D eigenvalue weighted by Crippen LogP contribution is 2.33. The maximum atomic E-state index is 13.1. The number of likely N-dealkylation sites (tertiary alicyclic amines) is 1. The van der Waals surface area contributed by atoms with Crippen LogP contribution in [0.2, 0.25) is 0 Å². The zero-order chi connectivity index (χ0) is 16.0. The SMILES string of the molecule is C=CCC1(CO)CCCN(C(=O)COc2cccc(F)c2)C1. The molecule has 0 aromatic heterocycles. The molecule has 22 heavy (non-hydrogen) atoms. The highest BCUT2D eigenvalue weighted by atomic mass is 19.1. The van der Waals surface area contributed by atoms with Gasteiger partial charge in [0.2, 0.25) is 0 Å². The molecule has 0 radical (unpaired) electrons. The molecule has 1 aliphatic heterocycles. The van der Waals surface area contributed by atoms with Gasteiger partial charge in [-0.15, -0.1) is 6.58 Å². The van der Waals surface area contributed by atoms with Gasteiger partial charge in [-0.3, -0.25) is 4.79 Å².